The molecule has 0 aromatic heterocycles. The van der Waals surface area contributed by atoms with Crippen molar-refractivity contribution < 1.29 is 33.4 Å². The molecule has 0 saturated carbocycles. The first kappa shape index (κ1) is 25.2. The number of carboxylic acid groups (broad SMARTS) is 1. The lowest BCUT2D eigenvalue weighted by Crippen LogP contribution is -2.30. The number of ether oxygens (including phenoxy) is 2. The molecule has 0 fully saturated rings. The second kappa shape index (κ2) is 9.60. The van der Waals surface area contributed by atoms with E-state index in [1.165, 1.54) is 12.1 Å². The van der Waals surface area contributed by atoms with Gasteiger partial charge in [0.2, 0.25) is 0 Å². The Morgan fingerprint density at radius 3 is 1.81 bits per heavy atom. The second-order valence-corrected chi connectivity index (χ2v) is 9.24. The summed E-state index contributed by atoms with van der Waals surface area (Å²) in [5.41, 5.74) is 0.0218. The lowest BCUT2D eigenvalue weighted by atomic mass is 9.96. The number of halogens is 1. The number of carbonyl (C=O) groups excluding carboxylic acids is 2. The van der Waals surface area contributed by atoms with E-state index in [4.69, 9.17) is 9.47 Å². The molecule has 36 heavy (non-hydrogen) atoms. The van der Waals surface area contributed by atoms with Gasteiger partial charge in [0.25, 0.3) is 11.8 Å². The molecule has 0 spiro atoms. The molecule has 0 radical (unpaired) electrons. The number of carboxylic acids is 1. The van der Waals surface area contributed by atoms with Crippen LogP contribution in [0.4, 0.5) is 10.1 Å². The largest absolute Gasteiger partial charge is 0.489 e. The van der Waals surface area contributed by atoms with Crippen LogP contribution in [0.1, 0.15) is 73.2 Å². The number of fused-ring (bicyclic) bond motifs is 2. The van der Waals surface area contributed by atoms with E-state index in [-0.39, 0.29) is 52.5 Å². The van der Waals surface area contributed by atoms with E-state index in [1.807, 2.05) is 27.7 Å². The van der Waals surface area contributed by atoms with Gasteiger partial charge in [-0.15, -0.1) is 0 Å². The molecule has 1 heterocycles. The summed E-state index contributed by atoms with van der Waals surface area (Å²) in [5.74, 6) is -3.85. The predicted octanol–water partition coefficient (Wildman–Crippen LogP) is 5.93. The predicted molar refractivity (Wildman–Crippen MR) is 134 cm³/mol. The minimum atomic E-state index is -1.08. The van der Waals surface area contributed by atoms with Gasteiger partial charge in [-0.25, -0.2) is 9.29 Å². The molecule has 3 aromatic carbocycles. The van der Waals surface area contributed by atoms with Crippen LogP contribution in [0, 0.1) is 5.82 Å². The van der Waals surface area contributed by atoms with Crippen molar-refractivity contribution in [2.24, 2.45) is 0 Å². The molecule has 1 N–H and O–H groups in total. The molecule has 1 unspecified atom stereocenters. The Balaban J connectivity index is 1.94. The van der Waals surface area contributed by atoms with Crippen LogP contribution in [0.15, 0.2) is 42.5 Å². The normalized spacial score (nSPS) is 14.1. The Bertz CT molecular complexity index is 1310. The summed E-state index contributed by atoms with van der Waals surface area (Å²) in [6, 6.07) is 10.9. The van der Waals surface area contributed by atoms with E-state index < -0.39 is 29.5 Å². The highest BCUT2D eigenvalue weighted by atomic mass is 19.1. The number of benzene rings is 3. The molecule has 3 aromatic rings. The Morgan fingerprint density at radius 1 is 0.917 bits per heavy atom. The molecule has 188 valence electrons. The van der Waals surface area contributed by atoms with Gasteiger partial charge in [0, 0.05) is 10.8 Å². The first-order valence-corrected chi connectivity index (χ1v) is 11.9. The fraction of sp³-hybridized carbons (Fsp3) is 0.321. The number of anilines is 1. The highest BCUT2D eigenvalue weighted by Crippen LogP contribution is 2.47. The average Bonchev–Trinajstić information content (AvgIpc) is 3.06. The Hall–Kier alpha value is -3.94. The van der Waals surface area contributed by atoms with Gasteiger partial charge in [-0.05, 0) is 51.8 Å². The maximum Gasteiger partial charge on any atom is 0.310 e. The summed E-state index contributed by atoms with van der Waals surface area (Å²) in [7, 11) is 0. The molecule has 1 aliphatic heterocycles. The standard InChI is InChI=1S/C28H28FNO6/c1-6-17(28(33)34)16-11-12-21(20(29)13-16)30-26(31)22-23(27(30)32)25(36-15(4)5)19-10-8-7-9-18(19)24(22)35-14(2)3/h7-15,17H,6H2,1-5H3,(H,33,34). The Kier molecular flexibility index (Phi) is 6.71. The highest BCUT2D eigenvalue weighted by molar-refractivity contribution is 6.38. The summed E-state index contributed by atoms with van der Waals surface area (Å²) < 4.78 is 27.4. The third kappa shape index (κ3) is 4.17. The van der Waals surface area contributed by atoms with Gasteiger partial charge in [0.15, 0.2) is 0 Å². The Labute approximate surface area is 208 Å². The van der Waals surface area contributed by atoms with Gasteiger partial charge in [0.05, 0.1) is 34.9 Å². The van der Waals surface area contributed by atoms with Crippen molar-refractivity contribution in [1.82, 2.24) is 0 Å². The third-order valence-electron chi connectivity index (χ3n) is 5.98. The quantitative estimate of drug-likeness (QED) is 0.391. The van der Waals surface area contributed by atoms with E-state index >= 15 is 4.39 Å². The zero-order valence-corrected chi connectivity index (χ0v) is 20.8. The van der Waals surface area contributed by atoms with Crippen molar-refractivity contribution in [1.29, 1.82) is 0 Å². The van der Waals surface area contributed by atoms with E-state index in [0.717, 1.165) is 11.0 Å². The molecule has 7 nitrogen and oxygen atoms in total. The summed E-state index contributed by atoms with van der Waals surface area (Å²) >= 11 is 0. The van der Waals surface area contributed by atoms with Crippen molar-refractivity contribution in [2.75, 3.05) is 4.90 Å². The monoisotopic (exact) mass is 493 g/mol. The number of carbonyl (C=O) groups is 3. The molecule has 2 amide bonds. The van der Waals surface area contributed by atoms with Gasteiger partial charge in [-0.1, -0.05) is 37.3 Å². The van der Waals surface area contributed by atoms with Crippen molar-refractivity contribution in [3.05, 3.63) is 65.0 Å². The maximum absolute atomic E-state index is 15.3. The van der Waals surface area contributed by atoms with Crippen LogP contribution >= 0.6 is 0 Å². The minimum Gasteiger partial charge on any atom is -0.489 e. The third-order valence-corrected chi connectivity index (χ3v) is 5.98. The first-order chi connectivity index (χ1) is 17.1. The molecular weight excluding hydrogens is 465 g/mol. The summed E-state index contributed by atoms with van der Waals surface area (Å²) in [5, 5.41) is 10.6. The number of hydrogen-bond acceptors (Lipinski definition) is 5. The van der Waals surface area contributed by atoms with Crippen molar-refractivity contribution >= 4 is 34.2 Å². The molecule has 4 rings (SSSR count). The molecule has 1 aliphatic rings. The number of amides is 2. The topological polar surface area (TPSA) is 93.1 Å². The zero-order valence-electron chi connectivity index (χ0n) is 20.8. The summed E-state index contributed by atoms with van der Waals surface area (Å²) in [6.45, 7) is 8.92. The second-order valence-electron chi connectivity index (χ2n) is 9.24. The van der Waals surface area contributed by atoms with E-state index in [0.29, 0.717) is 10.8 Å². The summed E-state index contributed by atoms with van der Waals surface area (Å²) in [6.07, 6.45) is -0.340. The Morgan fingerprint density at radius 2 is 1.42 bits per heavy atom. The summed E-state index contributed by atoms with van der Waals surface area (Å²) in [4.78, 5) is 39.8. The van der Waals surface area contributed by atoms with E-state index in [2.05, 4.69) is 0 Å². The van der Waals surface area contributed by atoms with Crippen LogP contribution in [-0.4, -0.2) is 35.1 Å². The van der Waals surface area contributed by atoms with Crippen molar-refractivity contribution in [2.45, 2.75) is 59.2 Å². The van der Waals surface area contributed by atoms with Gasteiger partial charge in [-0.3, -0.25) is 14.4 Å². The molecule has 0 aliphatic carbocycles. The lowest BCUT2D eigenvalue weighted by molar-refractivity contribution is -0.138. The zero-order chi connectivity index (χ0) is 26.3. The highest BCUT2D eigenvalue weighted by Gasteiger charge is 2.44. The van der Waals surface area contributed by atoms with E-state index in [1.54, 1.807) is 31.2 Å². The molecule has 1 atom stereocenters. The van der Waals surface area contributed by atoms with Crippen molar-refractivity contribution in [3.8, 4) is 11.5 Å². The lowest BCUT2D eigenvalue weighted by Gasteiger charge is -2.20. The van der Waals surface area contributed by atoms with Crippen LogP contribution in [0.5, 0.6) is 11.5 Å². The first-order valence-electron chi connectivity index (χ1n) is 11.9. The molecule has 0 bridgehead atoms. The van der Waals surface area contributed by atoms with Crippen LogP contribution < -0.4 is 14.4 Å². The van der Waals surface area contributed by atoms with Crippen LogP contribution in [-0.2, 0) is 4.79 Å². The average molecular weight is 494 g/mol. The molecule has 8 heteroatoms. The maximum atomic E-state index is 15.3. The van der Waals surface area contributed by atoms with Gasteiger partial charge in [0.1, 0.15) is 17.3 Å². The number of hydrogen-bond donors (Lipinski definition) is 1. The fourth-order valence-corrected chi connectivity index (χ4v) is 4.51. The van der Waals surface area contributed by atoms with Crippen molar-refractivity contribution in [3.63, 3.8) is 0 Å². The fourth-order valence-electron chi connectivity index (χ4n) is 4.51. The van der Waals surface area contributed by atoms with Gasteiger partial charge < -0.3 is 14.6 Å². The SMILES string of the molecule is CCC(C(=O)O)c1ccc(N2C(=O)c3c(c(OC(C)C)c4ccccc4c3OC(C)C)C2=O)c(F)c1. The van der Waals surface area contributed by atoms with Gasteiger partial charge >= 0.3 is 5.97 Å². The van der Waals surface area contributed by atoms with Crippen LogP contribution in [0.2, 0.25) is 0 Å². The smallest absolute Gasteiger partial charge is 0.310 e. The number of imide groups is 1. The molecule has 0 saturated heterocycles. The van der Waals surface area contributed by atoms with Gasteiger partial charge in [-0.2, -0.15) is 0 Å². The molecular formula is C28H28FNO6. The van der Waals surface area contributed by atoms with E-state index in [9.17, 15) is 19.5 Å². The minimum absolute atomic E-state index is 0.0171. The number of aliphatic carboxylic acids is 1. The number of rotatable bonds is 8. The van der Waals surface area contributed by atoms with Crippen LogP contribution in [0.25, 0.3) is 10.8 Å². The number of nitrogens with zero attached hydrogens (tertiary/aromatic N) is 1. The van der Waals surface area contributed by atoms with Crippen LogP contribution in [0.3, 0.4) is 0 Å².